The standard InChI is InChI=1S/C22H28N2O6S/c1-16-4-6-19(28-2)17(14-16)8-10-23-22(25)9-11-24-31(26,27)18-5-7-20-21(15-18)30-13-3-12-29-20/h4-7,14-15,24H,3,8-13H2,1-2H3,(H,23,25). The van der Waals surface area contributed by atoms with E-state index in [1.54, 1.807) is 13.2 Å². The molecule has 0 aromatic heterocycles. The number of nitrogens with one attached hydrogen (secondary N) is 2. The average Bonchev–Trinajstić information content (AvgIpc) is 2.98. The first-order valence-electron chi connectivity index (χ1n) is 10.2. The molecule has 0 saturated heterocycles. The van der Waals surface area contributed by atoms with Gasteiger partial charge in [-0.05, 0) is 37.1 Å². The summed E-state index contributed by atoms with van der Waals surface area (Å²) >= 11 is 0. The van der Waals surface area contributed by atoms with Gasteiger partial charge in [0.25, 0.3) is 0 Å². The van der Waals surface area contributed by atoms with Crippen molar-refractivity contribution in [3.63, 3.8) is 0 Å². The van der Waals surface area contributed by atoms with E-state index in [-0.39, 0.29) is 23.8 Å². The molecule has 0 saturated carbocycles. The van der Waals surface area contributed by atoms with Gasteiger partial charge in [0.1, 0.15) is 5.75 Å². The van der Waals surface area contributed by atoms with E-state index >= 15 is 0 Å². The molecule has 1 amide bonds. The van der Waals surface area contributed by atoms with E-state index < -0.39 is 10.0 Å². The highest BCUT2D eigenvalue weighted by atomic mass is 32.2. The van der Waals surface area contributed by atoms with Gasteiger partial charge in [-0.1, -0.05) is 17.7 Å². The summed E-state index contributed by atoms with van der Waals surface area (Å²) in [6, 6.07) is 10.4. The van der Waals surface area contributed by atoms with Gasteiger partial charge in [0.05, 0.1) is 25.2 Å². The zero-order chi connectivity index (χ0) is 22.3. The molecule has 1 heterocycles. The maximum atomic E-state index is 12.5. The molecule has 0 bridgehead atoms. The van der Waals surface area contributed by atoms with Crippen LogP contribution < -0.4 is 24.2 Å². The van der Waals surface area contributed by atoms with Crippen LogP contribution in [0.5, 0.6) is 17.2 Å². The second-order valence-corrected chi connectivity index (χ2v) is 8.99. The van der Waals surface area contributed by atoms with Crippen molar-refractivity contribution in [1.82, 2.24) is 10.0 Å². The Balaban J connectivity index is 1.46. The van der Waals surface area contributed by atoms with Gasteiger partial charge in [0.2, 0.25) is 15.9 Å². The number of fused-ring (bicyclic) bond motifs is 1. The van der Waals surface area contributed by atoms with Crippen LogP contribution in [0.1, 0.15) is 24.0 Å². The van der Waals surface area contributed by atoms with Crippen molar-refractivity contribution >= 4 is 15.9 Å². The van der Waals surface area contributed by atoms with Gasteiger partial charge in [-0.3, -0.25) is 4.79 Å². The number of methoxy groups -OCH3 is 1. The molecule has 8 nitrogen and oxygen atoms in total. The zero-order valence-corrected chi connectivity index (χ0v) is 18.6. The van der Waals surface area contributed by atoms with Crippen LogP contribution in [0.3, 0.4) is 0 Å². The van der Waals surface area contributed by atoms with Crippen molar-refractivity contribution in [1.29, 1.82) is 0 Å². The van der Waals surface area contributed by atoms with Crippen molar-refractivity contribution < 1.29 is 27.4 Å². The van der Waals surface area contributed by atoms with Gasteiger partial charge in [-0.25, -0.2) is 13.1 Å². The molecule has 0 fully saturated rings. The number of hydrogen-bond acceptors (Lipinski definition) is 6. The minimum Gasteiger partial charge on any atom is -0.496 e. The van der Waals surface area contributed by atoms with Gasteiger partial charge < -0.3 is 19.5 Å². The van der Waals surface area contributed by atoms with E-state index in [4.69, 9.17) is 14.2 Å². The van der Waals surface area contributed by atoms with Gasteiger partial charge in [0, 0.05) is 32.0 Å². The Morgan fingerprint density at radius 1 is 1.06 bits per heavy atom. The monoisotopic (exact) mass is 448 g/mol. The SMILES string of the molecule is COc1ccc(C)cc1CCNC(=O)CCNS(=O)(=O)c1ccc2c(c1)OCCCO2. The number of rotatable bonds is 9. The van der Waals surface area contributed by atoms with E-state index in [1.165, 1.54) is 12.1 Å². The number of hydrogen-bond donors (Lipinski definition) is 2. The van der Waals surface area contributed by atoms with Crippen molar-refractivity contribution in [2.75, 3.05) is 33.4 Å². The number of sulfonamides is 1. The number of ether oxygens (including phenoxy) is 3. The molecule has 0 atom stereocenters. The van der Waals surface area contributed by atoms with Gasteiger partial charge in [0.15, 0.2) is 11.5 Å². The lowest BCUT2D eigenvalue weighted by atomic mass is 10.1. The summed E-state index contributed by atoms with van der Waals surface area (Å²) in [5.74, 6) is 1.49. The van der Waals surface area contributed by atoms with Crippen LogP contribution in [0.15, 0.2) is 41.3 Å². The maximum absolute atomic E-state index is 12.5. The summed E-state index contributed by atoms with van der Waals surface area (Å²) < 4.78 is 43.9. The Hall–Kier alpha value is -2.78. The Bertz CT molecular complexity index is 1020. The largest absolute Gasteiger partial charge is 0.496 e. The van der Waals surface area contributed by atoms with Crippen LogP contribution in [0, 0.1) is 6.92 Å². The summed E-state index contributed by atoms with van der Waals surface area (Å²) in [4.78, 5) is 12.2. The van der Waals surface area contributed by atoms with Crippen LogP contribution in [-0.4, -0.2) is 47.7 Å². The normalized spacial score (nSPS) is 13.4. The van der Waals surface area contributed by atoms with E-state index in [2.05, 4.69) is 10.0 Å². The van der Waals surface area contributed by atoms with E-state index in [1.807, 2.05) is 25.1 Å². The van der Waals surface area contributed by atoms with Crippen molar-refractivity contribution in [2.24, 2.45) is 0 Å². The Kier molecular flexibility index (Phi) is 7.75. The Morgan fingerprint density at radius 3 is 2.61 bits per heavy atom. The first-order valence-corrected chi connectivity index (χ1v) is 11.7. The summed E-state index contributed by atoms with van der Waals surface area (Å²) in [5, 5.41) is 2.81. The summed E-state index contributed by atoms with van der Waals surface area (Å²) in [7, 11) is -2.15. The molecule has 2 N–H and O–H groups in total. The van der Waals surface area contributed by atoms with Crippen LogP contribution in [0.2, 0.25) is 0 Å². The summed E-state index contributed by atoms with van der Waals surface area (Å²) in [5.41, 5.74) is 2.13. The molecular weight excluding hydrogens is 420 g/mol. The minimum atomic E-state index is -3.76. The maximum Gasteiger partial charge on any atom is 0.240 e. The molecule has 0 radical (unpaired) electrons. The predicted octanol–water partition coefficient (Wildman–Crippen LogP) is 2.19. The second kappa shape index (κ2) is 10.5. The lowest BCUT2D eigenvalue weighted by Gasteiger charge is -2.12. The van der Waals surface area contributed by atoms with Crippen LogP contribution in [-0.2, 0) is 21.2 Å². The highest BCUT2D eigenvalue weighted by Crippen LogP contribution is 2.31. The third kappa shape index (κ3) is 6.35. The molecule has 1 aliphatic heterocycles. The summed E-state index contributed by atoms with van der Waals surface area (Å²) in [6.45, 7) is 3.43. The fourth-order valence-corrected chi connectivity index (χ4v) is 4.27. The summed E-state index contributed by atoms with van der Waals surface area (Å²) in [6.07, 6.45) is 1.40. The highest BCUT2D eigenvalue weighted by Gasteiger charge is 2.19. The van der Waals surface area contributed by atoms with Crippen molar-refractivity contribution in [2.45, 2.75) is 31.1 Å². The molecule has 31 heavy (non-hydrogen) atoms. The van der Waals surface area contributed by atoms with Crippen molar-refractivity contribution in [3.05, 3.63) is 47.5 Å². The first-order chi connectivity index (χ1) is 14.9. The molecule has 9 heteroatoms. The van der Waals surface area contributed by atoms with Crippen LogP contribution in [0.4, 0.5) is 0 Å². The van der Waals surface area contributed by atoms with Crippen LogP contribution >= 0.6 is 0 Å². The second-order valence-electron chi connectivity index (χ2n) is 7.22. The molecule has 2 aromatic carbocycles. The molecule has 1 aliphatic rings. The number of carbonyl (C=O) groups excluding carboxylic acids is 1. The van der Waals surface area contributed by atoms with E-state index in [0.717, 1.165) is 23.3 Å². The molecule has 0 unspecified atom stereocenters. The lowest BCUT2D eigenvalue weighted by molar-refractivity contribution is -0.120. The number of benzene rings is 2. The van der Waals surface area contributed by atoms with Crippen molar-refractivity contribution in [3.8, 4) is 17.2 Å². The van der Waals surface area contributed by atoms with Gasteiger partial charge >= 0.3 is 0 Å². The fraction of sp³-hybridized carbons (Fsp3) is 0.409. The quantitative estimate of drug-likeness (QED) is 0.610. The number of amides is 1. The lowest BCUT2D eigenvalue weighted by Crippen LogP contribution is -2.31. The molecule has 0 spiro atoms. The predicted molar refractivity (Wildman–Crippen MR) is 116 cm³/mol. The zero-order valence-electron chi connectivity index (χ0n) is 17.8. The highest BCUT2D eigenvalue weighted by molar-refractivity contribution is 7.89. The average molecular weight is 449 g/mol. The van der Waals surface area contributed by atoms with E-state index in [9.17, 15) is 13.2 Å². The first kappa shape index (κ1) is 22.9. The number of carbonyl (C=O) groups is 1. The van der Waals surface area contributed by atoms with Gasteiger partial charge in [-0.2, -0.15) is 0 Å². The van der Waals surface area contributed by atoms with E-state index in [0.29, 0.717) is 37.7 Å². The number of aryl methyl sites for hydroxylation is 1. The molecule has 168 valence electrons. The molecule has 0 aliphatic carbocycles. The molecular formula is C22H28N2O6S. The Labute approximate surface area is 182 Å². The third-order valence-corrected chi connectivity index (χ3v) is 6.28. The minimum absolute atomic E-state index is 0.00360. The van der Waals surface area contributed by atoms with Crippen LogP contribution in [0.25, 0.3) is 0 Å². The third-order valence-electron chi connectivity index (χ3n) is 4.83. The Morgan fingerprint density at radius 2 is 1.84 bits per heavy atom. The van der Waals surface area contributed by atoms with Gasteiger partial charge in [-0.15, -0.1) is 0 Å². The fourth-order valence-electron chi connectivity index (χ4n) is 3.22. The smallest absolute Gasteiger partial charge is 0.240 e. The molecule has 2 aromatic rings. The topological polar surface area (TPSA) is 103 Å². The molecule has 3 rings (SSSR count).